The van der Waals surface area contributed by atoms with Crippen LogP contribution in [0.25, 0.3) is 0 Å². The fourth-order valence-corrected chi connectivity index (χ4v) is 3.13. The maximum absolute atomic E-state index is 9.11. The Kier molecular flexibility index (Phi) is 2.37. The van der Waals surface area contributed by atoms with Gasteiger partial charge in [0.25, 0.3) is 0 Å². The quantitative estimate of drug-likeness (QED) is 0.649. The minimum atomic E-state index is 0.360. The molecule has 0 amide bonds. The Morgan fingerprint density at radius 1 is 0.833 bits per heavy atom. The summed E-state index contributed by atoms with van der Waals surface area (Å²) >= 11 is 0. The van der Waals surface area contributed by atoms with Crippen molar-refractivity contribution in [2.75, 3.05) is 13.2 Å². The van der Waals surface area contributed by atoms with Gasteiger partial charge in [0.15, 0.2) is 0 Å². The molecule has 0 aliphatic heterocycles. The minimum Gasteiger partial charge on any atom is -0.396 e. The first-order chi connectivity index (χ1) is 5.85. The van der Waals surface area contributed by atoms with Crippen LogP contribution in [-0.4, -0.2) is 23.4 Å². The summed E-state index contributed by atoms with van der Waals surface area (Å²) in [5, 5.41) is 18.2. The number of hydrogen-bond donors (Lipinski definition) is 2. The third kappa shape index (κ3) is 1.27. The largest absolute Gasteiger partial charge is 0.396 e. The van der Waals surface area contributed by atoms with Crippen LogP contribution in [0.2, 0.25) is 0 Å². The molecule has 4 atom stereocenters. The van der Waals surface area contributed by atoms with Crippen LogP contribution in [0, 0.1) is 23.7 Å². The number of aliphatic hydroxyl groups excluding tert-OH is 2. The van der Waals surface area contributed by atoms with Crippen LogP contribution in [0.1, 0.15) is 25.7 Å². The van der Waals surface area contributed by atoms with E-state index in [4.69, 9.17) is 10.2 Å². The van der Waals surface area contributed by atoms with Gasteiger partial charge in [0.2, 0.25) is 0 Å². The molecule has 0 radical (unpaired) electrons. The van der Waals surface area contributed by atoms with Gasteiger partial charge in [0, 0.05) is 13.2 Å². The van der Waals surface area contributed by atoms with Crippen LogP contribution in [0.4, 0.5) is 0 Å². The van der Waals surface area contributed by atoms with Gasteiger partial charge >= 0.3 is 0 Å². The Balaban J connectivity index is 2.01. The zero-order valence-corrected chi connectivity index (χ0v) is 7.45. The number of fused-ring (bicyclic) bond motifs is 3. The van der Waals surface area contributed by atoms with E-state index in [0.29, 0.717) is 36.9 Å². The SMILES string of the molecule is OC[C@@H]1C[C@H]2CC[C@@H]1C[C@H]2CO. The Bertz CT molecular complexity index is 140. The topological polar surface area (TPSA) is 40.5 Å². The first-order valence-corrected chi connectivity index (χ1v) is 5.07. The van der Waals surface area contributed by atoms with Gasteiger partial charge in [0.05, 0.1) is 0 Å². The molecule has 2 N–H and O–H groups in total. The van der Waals surface area contributed by atoms with E-state index in [1.807, 2.05) is 0 Å². The summed E-state index contributed by atoms with van der Waals surface area (Å²) in [5.41, 5.74) is 0. The summed E-state index contributed by atoms with van der Waals surface area (Å²) in [6.07, 6.45) is 4.89. The second-order valence-corrected chi connectivity index (χ2v) is 4.45. The fraction of sp³-hybridized carbons (Fsp3) is 1.00. The smallest absolute Gasteiger partial charge is 0.0462 e. The second kappa shape index (κ2) is 3.35. The summed E-state index contributed by atoms with van der Waals surface area (Å²) in [7, 11) is 0. The molecular formula is C10H18O2. The number of hydrogen-bond acceptors (Lipinski definition) is 2. The number of rotatable bonds is 2. The highest BCUT2D eigenvalue weighted by Crippen LogP contribution is 2.47. The summed E-state index contributed by atoms with van der Waals surface area (Å²) in [5.74, 6) is 2.51. The van der Waals surface area contributed by atoms with E-state index >= 15 is 0 Å². The summed E-state index contributed by atoms with van der Waals surface area (Å²) < 4.78 is 0. The maximum atomic E-state index is 9.11. The standard InChI is InChI=1S/C10H18O2/c11-5-9-4-8-2-1-7(9)3-10(8)6-12/h7-12H,1-6H2/t7-,8-,9+,10+/m1/s1. The molecule has 2 bridgehead atoms. The summed E-state index contributed by atoms with van der Waals surface area (Å²) in [4.78, 5) is 0. The average Bonchev–Trinajstić information content (AvgIpc) is 2.18. The Morgan fingerprint density at radius 2 is 1.25 bits per heavy atom. The third-order valence-corrected chi connectivity index (χ3v) is 3.92. The highest BCUT2D eigenvalue weighted by Gasteiger charge is 2.40. The molecule has 0 aromatic carbocycles. The van der Waals surface area contributed by atoms with Gasteiger partial charge in [-0.15, -0.1) is 0 Å². The van der Waals surface area contributed by atoms with Crippen LogP contribution in [0.5, 0.6) is 0 Å². The molecule has 70 valence electrons. The van der Waals surface area contributed by atoms with Crippen LogP contribution in [0.15, 0.2) is 0 Å². The number of aliphatic hydroxyl groups is 2. The van der Waals surface area contributed by atoms with Crippen molar-refractivity contribution in [1.82, 2.24) is 0 Å². The zero-order chi connectivity index (χ0) is 8.55. The minimum absolute atomic E-state index is 0.360. The van der Waals surface area contributed by atoms with Crippen molar-refractivity contribution >= 4 is 0 Å². The van der Waals surface area contributed by atoms with Crippen molar-refractivity contribution in [2.24, 2.45) is 23.7 Å². The molecule has 3 rings (SSSR count). The van der Waals surface area contributed by atoms with Gasteiger partial charge in [-0.3, -0.25) is 0 Å². The molecule has 3 aliphatic rings. The molecule has 3 aliphatic carbocycles. The van der Waals surface area contributed by atoms with Crippen LogP contribution < -0.4 is 0 Å². The van der Waals surface area contributed by atoms with E-state index in [-0.39, 0.29) is 0 Å². The Hall–Kier alpha value is -0.0800. The lowest BCUT2D eigenvalue weighted by Crippen LogP contribution is -2.40. The summed E-state index contributed by atoms with van der Waals surface area (Å²) in [6.45, 7) is 0.721. The van der Waals surface area contributed by atoms with E-state index < -0.39 is 0 Å². The molecule has 0 unspecified atom stereocenters. The fourth-order valence-electron chi connectivity index (χ4n) is 3.13. The molecular weight excluding hydrogens is 152 g/mol. The lowest BCUT2D eigenvalue weighted by molar-refractivity contribution is -0.0103. The summed E-state index contributed by atoms with van der Waals surface area (Å²) in [6, 6.07) is 0. The van der Waals surface area contributed by atoms with Crippen molar-refractivity contribution in [2.45, 2.75) is 25.7 Å². The van der Waals surface area contributed by atoms with Gasteiger partial charge in [-0.25, -0.2) is 0 Å². The monoisotopic (exact) mass is 170 g/mol. The molecule has 2 heteroatoms. The van der Waals surface area contributed by atoms with Gasteiger partial charge in [-0.1, -0.05) is 0 Å². The van der Waals surface area contributed by atoms with E-state index in [2.05, 4.69) is 0 Å². The van der Waals surface area contributed by atoms with Crippen LogP contribution in [-0.2, 0) is 0 Å². The van der Waals surface area contributed by atoms with E-state index in [1.165, 1.54) is 12.8 Å². The third-order valence-electron chi connectivity index (χ3n) is 3.92. The zero-order valence-electron chi connectivity index (χ0n) is 7.45. The molecule has 0 aromatic heterocycles. The predicted molar refractivity (Wildman–Crippen MR) is 46.6 cm³/mol. The molecule has 2 nitrogen and oxygen atoms in total. The molecule has 3 saturated carbocycles. The van der Waals surface area contributed by atoms with Crippen molar-refractivity contribution < 1.29 is 10.2 Å². The molecule has 3 fully saturated rings. The van der Waals surface area contributed by atoms with Crippen molar-refractivity contribution in [3.05, 3.63) is 0 Å². The first-order valence-electron chi connectivity index (χ1n) is 5.07. The highest BCUT2D eigenvalue weighted by molar-refractivity contribution is 4.90. The van der Waals surface area contributed by atoms with Crippen molar-refractivity contribution in [3.8, 4) is 0 Å². The van der Waals surface area contributed by atoms with Crippen LogP contribution >= 0.6 is 0 Å². The normalized spacial score (nSPS) is 46.5. The molecule has 0 saturated heterocycles. The Labute approximate surface area is 73.6 Å². The molecule has 0 heterocycles. The van der Waals surface area contributed by atoms with Crippen LogP contribution in [0.3, 0.4) is 0 Å². The Morgan fingerprint density at radius 3 is 1.50 bits per heavy atom. The van der Waals surface area contributed by atoms with E-state index in [9.17, 15) is 0 Å². The lowest BCUT2D eigenvalue weighted by atomic mass is 9.60. The molecule has 0 spiro atoms. The average molecular weight is 170 g/mol. The highest BCUT2D eigenvalue weighted by atomic mass is 16.3. The second-order valence-electron chi connectivity index (χ2n) is 4.45. The van der Waals surface area contributed by atoms with Gasteiger partial charge in [0.1, 0.15) is 0 Å². The van der Waals surface area contributed by atoms with Gasteiger partial charge < -0.3 is 10.2 Å². The molecule has 0 aromatic rings. The lowest BCUT2D eigenvalue weighted by Gasteiger charge is -2.46. The maximum Gasteiger partial charge on any atom is 0.0462 e. The first kappa shape index (κ1) is 8.52. The van der Waals surface area contributed by atoms with E-state index in [1.54, 1.807) is 0 Å². The predicted octanol–water partition coefficient (Wildman–Crippen LogP) is 1.02. The van der Waals surface area contributed by atoms with Gasteiger partial charge in [-0.05, 0) is 49.4 Å². The van der Waals surface area contributed by atoms with Crippen molar-refractivity contribution in [3.63, 3.8) is 0 Å². The molecule has 12 heavy (non-hydrogen) atoms. The van der Waals surface area contributed by atoms with Gasteiger partial charge in [-0.2, -0.15) is 0 Å². The van der Waals surface area contributed by atoms with Crippen molar-refractivity contribution in [1.29, 1.82) is 0 Å². The van der Waals surface area contributed by atoms with E-state index in [0.717, 1.165) is 12.8 Å².